The van der Waals surface area contributed by atoms with E-state index >= 15 is 0 Å². The number of hydrogen-bond donors (Lipinski definition) is 3. The molecule has 1 aliphatic carbocycles. The molecule has 2 amide bonds. The number of nitrogens with one attached hydrogen (secondary N) is 3. The van der Waals surface area contributed by atoms with Gasteiger partial charge in [-0.1, -0.05) is 17.7 Å². The van der Waals surface area contributed by atoms with Crippen LogP contribution in [0.1, 0.15) is 42.1 Å². The molecule has 0 radical (unpaired) electrons. The van der Waals surface area contributed by atoms with E-state index in [2.05, 4.69) is 16.1 Å². The monoisotopic (exact) mass is 475 g/mol. The summed E-state index contributed by atoms with van der Waals surface area (Å²) in [5.41, 5.74) is 2.21. The highest BCUT2D eigenvalue weighted by atomic mass is 35.5. The van der Waals surface area contributed by atoms with Crippen molar-refractivity contribution in [2.45, 2.75) is 37.8 Å². The maximum absolute atomic E-state index is 14.5. The van der Waals surface area contributed by atoms with Crippen LogP contribution in [0.5, 0.6) is 0 Å². The van der Waals surface area contributed by atoms with Gasteiger partial charge < -0.3 is 15.5 Å². The normalized spacial score (nSPS) is 24.2. The predicted molar refractivity (Wildman–Crippen MR) is 119 cm³/mol. The van der Waals surface area contributed by atoms with Crippen LogP contribution in [-0.2, 0) is 15.2 Å². The van der Waals surface area contributed by atoms with Gasteiger partial charge in [-0.25, -0.2) is 8.78 Å². The molecule has 6 nitrogen and oxygen atoms in total. The van der Waals surface area contributed by atoms with Gasteiger partial charge in [0.2, 0.25) is 0 Å². The molecule has 1 heterocycles. The summed E-state index contributed by atoms with van der Waals surface area (Å²) in [4.78, 5) is 30.5. The molecule has 3 N–H and O–H groups in total. The van der Waals surface area contributed by atoms with Gasteiger partial charge in [-0.15, -0.1) is 5.48 Å². The SMILES string of the molecule is C[C@]1(c2c(F)cccc2Cl)NOC=C1C(=O)N[C@@H]1CCC(CNC(=O)c2ccc(F)cc2)C1. The van der Waals surface area contributed by atoms with Gasteiger partial charge in [0, 0.05) is 28.7 Å². The smallest absolute Gasteiger partial charge is 0.252 e. The Labute approximate surface area is 195 Å². The molecule has 0 aromatic heterocycles. The Morgan fingerprint density at radius 3 is 2.64 bits per heavy atom. The van der Waals surface area contributed by atoms with E-state index < -0.39 is 17.2 Å². The molecular formula is C24H24ClF2N3O3. The molecule has 2 aliphatic rings. The van der Waals surface area contributed by atoms with Crippen molar-refractivity contribution < 1.29 is 23.2 Å². The van der Waals surface area contributed by atoms with Crippen molar-refractivity contribution in [2.24, 2.45) is 5.92 Å². The fourth-order valence-corrected chi connectivity index (χ4v) is 4.77. The molecular weight excluding hydrogens is 452 g/mol. The number of amides is 2. The number of rotatable bonds is 6. The summed E-state index contributed by atoms with van der Waals surface area (Å²) in [6.07, 6.45) is 3.54. The van der Waals surface area contributed by atoms with Crippen LogP contribution in [0.3, 0.4) is 0 Å². The van der Waals surface area contributed by atoms with Crippen molar-refractivity contribution in [3.05, 3.63) is 82.1 Å². The second kappa shape index (κ2) is 9.49. The van der Waals surface area contributed by atoms with Crippen LogP contribution in [0.25, 0.3) is 0 Å². The summed E-state index contributed by atoms with van der Waals surface area (Å²) in [7, 11) is 0. The Kier molecular flexibility index (Phi) is 6.67. The first kappa shape index (κ1) is 23.2. The minimum Gasteiger partial charge on any atom is -0.415 e. The lowest BCUT2D eigenvalue weighted by Gasteiger charge is -2.28. The van der Waals surface area contributed by atoms with Crippen molar-refractivity contribution in [1.29, 1.82) is 0 Å². The van der Waals surface area contributed by atoms with Gasteiger partial charge in [-0.2, -0.15) is 0 Å². The Bertz CT molecular complexity index is 1070. The topological polar surface area (TPSA) is 79.5 Å². The van der Waals surface area contributed by atoms with Crippen LogP contribution in [0.15, 0.2) is 54.3 Å². The van der Waals surface area contributed by atoms with E-state index in [0.717, 1.165) is 12.8 Å². The predicted octanol–water partition coefficient (Wildman–Crippen LogP) is 3.97. The van der Waals surface area contributed by atoms with Crippen LogP contribution in [0.2, 0.25) is 5.02 Å². The van der Waals surface area contributed by atoms with Crippen molar-refractivity contribution >= 4 is 23.4 Å². The molecule has 1 fully saturated rings. The first-order valence-corrected chi connectivity index (χ1v) is 11.1. The molecule has 2 aromatic carbocycles. The zero-order valence-corrected chi connectivity index (χ0v) is 18.7. The van der Waals surface area contributed by atoms with E-state index in [9.17, 15) is 18.4 Å². The maximum Gasteiger partial charge on any atom is 0.252 e. The lowest BCUT2D eigenvalue weighted by molar-refractivity contribution is -0.118. The molecule has 2 aromatic rings. The lowest BCUT2D eigenvalue weighted by atomic mass is 9.85. The number of halogens is 3. The highest BCUT2D eigenvalue weighted by molar-refractivity contribution is 6.31. The van der Waals surface area contributed by atoms with E-state index in [4.69, 9.17) is 16.4 Å². The summed E-state index contributed by atoms with van der Waals surface area (Å²) >= 11 is 6.22. The molecule has 0 bridgehead atoms. The summed E-state index contributed by atoms with van der Waals surface area (Å²) in [5.74, 6) is -1.38. The Morgan fingerprint density at radius 1 is 1.15 bits per heavy atom. The average molecular weight is 476 g/mol. The number of carbonyl (C=O) groups excluding carboxylic acids is 2. The minimum absolute atomic E-state index is 0.0907. The highest BCUT2D eigenvalue weighted by Gasteiger charge is 2.44. The standard InChI is InChI=1S/C24H24ClF2N3O3/c1-24(21-19(25)3-2-4-20(21)27)18(13-33-30-24)23(32)29-17-10-5-14(11-17)12-28-22(31)15-6-8-16(26)9-7-15/h2-4,6-9,13-14,17,30H,5,10-12H2,1H3,(H,28,31)(H,29,32)/t14?,17-,24+/m1/s1. The summed E-state index contributed by atoms with van der Waals surface area (Å²) in [5, 5.41) is 6.04. The fraction of sp³-hybridized carbons (Fsp3) is 0.333. The zero-order valence-electron chi connectivity index (χ0n) is 18.0. The van der Waals surface area contributed by atoms with Crippen LogP contribution in [0, 0.1) is 17.6 Å². The Balaban J connectivity index is 1.34. The summed E-state index contributed by atoms with van der Waals surface area (Å²) < 4.78 is 27.6. The van der Waals surface area contributed by atoms with E-state index in [1.807, 2.05) is 0 Å². The zero-order chi connectivity index (χ0) is 23.6. The van der Waals surface area contributed by atoms with Crippen molar-refractivity contribution in [1.82, 2.24) is 16.1 Å². The van der Waals surface area contributed by atoms with Crippen molar-refractivity contribution in [3.63, 3.8) is 0 Å². The third-order valence-corrected chi connectivity index (χ3v) is 6.54. The first-order chi connectivity index (χ1) is 15.8. The molecule has 0 spiro atoms. The van der Waals surface area contributed by atoms with Crippen LogP contribution < -0.4 is 16.1 Å². The fourth-order valence-electron chi connectivity index (χ4n) is 4.42. The van der Waals surface area contributed by atoms with Crippen molar-refractivity contribution in [3.8, 4) is 0 Å². The Hall–Kier alpha value is -2.97. The molecule has 1 saturated carbocycles. The van der Waals surface area contributed by atoms with Gasteiger partial charge in [0.05, 0.1) is 5.57 Å². The number of benzene rings is 2. The molecule has 174 valence electrons. The van der Waals surface area contributed by atoms with Gasteiger partial charge in [0.1, 0.15) is 23.4 Å². The van der Waals surface area contributed by atoms with E-state index in [1.54, 1.807) is 13.0 Å². The molecule has 1 aliphatic heterocycles. The Morgan fingerprint density at radius 2 is 1.91 bits per heavy atom. The van der Waals surface area contributed by atoms with Gasteiger partial charge in [-0.05, 0) is 68.5 Å². The van der Waals surface area contributed by atoms with Crippen LogP contribution in [-0.4, -0.2) is 24.4 Å². The molecule has 9 heteroatoms. The van der Waals surface area contributed by atoms with E-state index in [-0.39, 0.29) is 39.9 Å². The van der Waals surface area contributed by atoms with Gasteiger partial charge in [0.25, 0.3) is 11.8 Å². The number of carbonyl (C=O) groups is 2. The third-order valence-electron chi connectivity index (χ3n) is 6.22. The quantitative estimate of drug-likeness (QED) is 0.590. The second-order valence-corrected chi connectivity index (χ2v) is 8.95. The second-order valence-electron chi connectivity index (χ2n) is 8.54. The first-order valence-electron chi connectivity index (χ1n) is 10.7. The summed E-state index contributed by atoms with van der Waals surface area (Å²) in [6, 6.07) is 9.61. The average Bonchev–Trinajstić information content (AvgIpc) is 3.39. The van der Waals surface area contributed by atoms with Crippen LogP contribution >= 0.6 is 11.6 Å². The number of hydrogen-bond acceptors (Lipinski definition) is 4. The molecule has 1 unspecified atom stereocenters. The van der Waals surface area contributed by atoms with E-state index in [0.29, 0.717) is 18.5 Å². The van der Waals surface area contributed by atoms with Gasteiger partial charge >= 0.3 is 0 Å². The molecule has 33 heavy (non-hydrogen) atoms. The van der Waals surface area contributed by atoms with Crippen molar-refractivity contribution in [2.75, 3.05) is 6.54 Å². The lowest BCUT2D eigenvalue weighted by Crippen LogP contribution is -2.44. The summed E-state index contributed by atoms with van der Waals surface area (Å²) in [6.45, 7) is 2.09. The number of hydroxylamine groups is 1. The largest absolute Gasteiger partial charge is 0.415 e. The highest BCUT2D eigenvalue weighted by Crippen LogP contribution is 2.39. The van der Waals surface area contributed by atoms with Crippen LogP contribution in [0.4, 0.5) is 8.78 Å². The van der Waals surface area contributed by atoms with Gasteiger partial charge in [-0.3, -0.25) is 9.59 Å². The molecule has 3 atom stereocenters. The van der Waals surface area contributed by atoms with Gasteiger partial charge in [0.15, 0.2) is 0 Å². The maximum atomic E-state index is 14.5. The third kappa shape index (κ3) is 4.86. The van der Waals surface area contributed by atoms with E-state index in [1.165, 1.54) is 42.7 Å². The molecule has 0 saturated heterocycles. The molecule has 4 rings (SSSR count). The minimum atomic E-state index is -1.24.